The molecule has 0 aliphatic heterocycles. The van der Waals surface area contributed by atoms with E-state index in [2.05, 4.69) is 10.6 Å². The Morgan fingerprint density at radius 2 is 0.750 bits per heavy atom. The number of nitrogens with one attached hydrogen (secondary N) is 2. The smallest absolute Gasteiger partial charge is 0.303 e. The molecular formula is C28H44N2O10. The number of amides is 2. The zero-order valence-electron chi connectivity index (χ0n) is 24.0. The average Bonchev–Trinajstić information content (AvgIpc) is 3.28. The SMILES string of the molecule is CC(=O)O[C@H]([C@@H](OC(C)=O)[C@H](OC(C)=O)C(=O)NC1CCCCCC1)[C@H](OC(C)=O)C(=O)NC1CCCCCC1. The predicted octanol–water partition coefficient (Wildman–Crippen LogP) is 2.39. The molecule has 0 bridgehead atoms. The molecule has 2 saturated carbocycles. The molecule has 0 spiro atoms. The van der Waals surface area contributed by atoms with Gasteiger partial charge in [-0.1, -0.05) is 51.4 Å². The van der Waals surface area contributed by atoms with Crippen LogP contribution in [0.3, 0.4) is 0 Å². The number of carbonyl (C=O) groups is 6. The van der Waals surface area contributed by atoms with E-state index in [1.54, 1.807) is 0 Å². The van der Waals surface area contributed by atoms with E-state index in [0.717, 1.165) is 79.1 Å². The van der Waals surface area contributed by atoms with Crippen LogP contribution in [-0.4, -0.2) is 72.2 Å². The van der Waals surface area contributed by atoms with E-state index in [-0.39, 0.29) is 12.1 Å². The van der Waals surface area contributed by atoms with E-state index < -0.39 is 60.1 Å². The minimum atomic E-state index is -1.79. The van der Waals surface area contributed by atoms with E-state index in [1.165, 1.54) is 0 Å². The molecule has 0 heterocycles. The van der Waals surface area contributed by atoms with Crippen LogP contribution in [0.4, 0.5) is 0 Å². The molecule has 2 amide bonds. The average molecular weight is 569 g/mol. The van der Waals surface area contributed by atoms with Gasteiger partial charge in [0.2, 0.25) is 12.2 Å². The third-order valence-corrected chi connectivity index (χ3v) is 7.03. The van der Waals surface area contributed by atoms with Crippen LogP contribution in [0.5, 0.6) is 0 Å². The van der Waals surface area contributed by atoms with Crippen molar-refractivity contribution in [3.05, 3.63) is 0 Å². The van der Waals surface area contributed by atoms with Crippen LogP contribution in [0.1, 0.15) is 105 Å². The summed E-state index contributed by atoms with van der Waals surface area (Å²) >= 11 is 0. The summed E-state index contributed by atoms with van der Waals surface area (Å²) in [6.45, 7) is 4.25. The number of esters is 4. The number of carbonyl (C=O) groups excluding carboxylic acids is 6. The molecule has 0 aromatic carbocycles. The fourth-order valence-corrected chi connectivity index (χ4v) is 5.30. The van der Waals surface area contributed by atoms with Crippen molar-refractivity contribution in [2.45, 2.75) is 141 Å². The van der Waals surface area contributed by atoms with Gasteiger partial charge >= 0.3 is 23.9 Å². The lowest BCUT2D eigenvalue weighted by molar-refractivity contribution is -0.200. The van der Waals surface area contributed by atoms with Gasteiger partial charge in [0.05, 0.1) is 0 Å². The lowest BCUT2D eigenvalue weighted by Gasteiger charge is -2.35. The summed E-state index contributed by atoms with van der Waals surface area (Å²) in [5.41, 5.74) is 0. The standard InChI is InChI=1S/C28H44N2O10/c1-17(31)37-23(25(39-19(3)33)27(35)29-21-13-9-5-6-10-14-21)24(38-18(2)32)26(40-20(4)34)28(36)30-22-15-11-7-8-12-16-22/h21-26H,5-16H2,1-4H3,(H,29,35)(H,30,36)/t23-,24-,25+,26+/m1/s1. The van der Waals surface area contributed by atoms with E-state index in [0.29, 0.717) is 25.7 Å². The van der Waals surface area contributed by atoms with Gasteiger partial charge in [0.25, 0.3) is 11.8 Å². The molecule has 0 unspecified atom stereocenters. The Bertz CT molecular complexity index is 820. The maximum absolute atomic E-state index is 13.5. The van der Waals surface area contributed by atoms with Crippen molar-refractivity contribution in [1.29, 1.82) is 0 Å². The molecule has 40 heavy (non-hydrogen) atoms. The number of rotatable bonds is 11. The predicted molar refractivity (Wildman–Crippen MR) is 141 cm³/mol. The zero-order valence-corrected chi connectivity index (χ0v) is 24.0. The first kappa shape index (κ1) is 33.0. The van der Waals surface area contributed by atoms with Crippen LogP contribution < -0.4 is 10.6 Å². The Labute approximate surface area is 235 Å². The van der Waals surface area contributed by atoms with Gasteiger partial charge in [-0.15, -0.1) is 0 Å². The molecular weight excluding hydrogens is 524 g/mol. The largest absolute Gasteiger partial charge is 0.454 e. The fourth-order valence-electron chi connectivity index (χ4n) is 5.30. The Kier molecular flexibility index (Phi) is 13.9. The minimum absolute atomic E-state index is 0.207. The molecule has 0 aromatic heterocycles. The van der Waals surface area contributed by atoms with Gasteiger partial charge in [0, 0.05) is 39.8 Å². The molecule has 0 saturated heterocycles. The topological polar surface area (TPSA) is 163 Å². The highest BCUT2D eigenvalue weighted by Gasteiger charge is 2.49. The molecule has 2 fully saturated rings. The van der Waals surface area contributed by atoms with Crippen molar-refractivity contribution in [1.82, 2.24) is 10.6 Å². The molecule has 0 radical (unpaired) electrons. The lowest BCUT2D eigenvalue weighted by atomic mass is 9.98. The first-order chi connectivity index (χ1) is 19.0. The molecule has 12 heteroatoms. The third-order valence-electron chi connectivity index (χ3n) is 7.03. The maximum Gasteiger partial charge on any atom is 0.303 e. The fraction of sp³-hybridized carbons (Fsp3) is 0.786. The van der Waals surface area contributed by atoms with Crippen molar-refractivity contribution < 1.29 is 47.7 Å². The summed E-state index contributed by atoms with van der Waals surface area (Å²) in [5, 5.41) is 5.70. The maximum atomic E-state index is 13.5. The van der Waals surface area contributed by atoms with Crippen LogP contribution in [-0.2, 0) is 47.7 Å². The van der Waals surface area contributed by atoms with Crippen molar-refractivity contribution >= 4 is 35.7 Å². The van der Waals surface area contributed by atoms with E-state index in [1.807, 2.05) is 0 Å². The second-order valence-electron chi connectivity index (χ2n) is 10.6. The second kappa shape index (κ2) is 16.8. The van der Waals surface area contributed by atoms with Crippen molar-refractivity contribution in [2.24, 2.45) is 0 Å². The lowest BCUT2D eigenvalue weighted by Crippen LogP contribution is -2.60. The number of hydrogen-bond acceptors (Lipinski definition) is 10. The summed E-state index contributed by atoms with van der Waals surface area (Å²) < 4.78 is 21.5. The summed E-state index contributed by atoms with van der Waals surface area (Å²) in [4.78, 5) is 75.7. The first-order valence-corrected chi connectivity index (χ1v) is 14.3. The quantitative estimate of drug-likeness (QED) is 0.215. The molecule has 4 atom stereocenters. The van der Waals surface area contributed by atoms with Crippen molar-refractivity contribution in [3.8, 4) is 0 Å². The van der Waals surface area contributed by atoms with Crippen LogP contribution in [0.15, 0.2) is 0 Å². The summed E-state index contributed by atoms with van der Waals surface area (Å²) in [7, 11) is 0. The second-order valence-corrected chi connectivity index (χ2v) is 10.6. The summed E-state index contributed by atoms with van der Waals surface area (Å²) in [6.07, 6.45) is 3.43. The van der Waals surface area contributed by atoms with Crippen molar-refractivity contribution in [2.75, 3.05) is 0 Å². The highest BCUT2D eigenvalue weighted by Crippen LogP contribution is 2.23. The van der Waals surface area contributed by atoms with Crippen LogP contribution in [0, 0.1) is 0 Å². The Hall–Kier alpha value is -3.18. The van der Waals surface area contributed by atoms with Gasteiger partial charge in [-0.2, -0.15) is 0 Å². The first-order valence-electron chi connectivity index (χ1n) is 14.3. The monoisotopic (exact) mass is 568 g/mol. The van der Waals surface area contributed by atoms with Crippen LogP contribution in [0.2, 0.25) is 0 Å². The Balaban J connectivity index is 2.47. The zero-order chi connectivity index (χ0) is 29.7. The van der Waals surface area contributed by atoms with Gasteiger partial charge in [0.15, 0.2) is 12.2 Å². The number of hydrogen-bond donors (Lipinski definition) is 2. The Morgan fingerprint density at radius 3 is 1.00 bits per heavy atom. The molecule has 12 nitrogen and oxygen atoms in total. The van der Waals surface area contributed by atoms with E-state index in [4.69, 9.17) is 18.9 Å². The number of ether oxygens (including phenoxy) is 4. The summed E-state index contributed by atoms with van der Waals surface area (Å²) in [5.74, 6) is -5.09. The van der Waals surface area contributed by atoms with Gasteiger partial charge in [0.1, 0.15) is 0 Å². The van der Waals surface area contributed by atoms with E-state index in [9.17, 15) is 28.8 Å². The Morgan fingerprint density at radius 1 is 0.475 bits per heavy atom. The van der Waals surface area contributed by atoms with Crippen molar-refractivity contribution in [3.63, 3.8) is 0 Å². The van der Waals surface area contributed by atoms with Gasteiger partial charge in [-0.3, -0.25) is 28.8 Å². The van der Waals surface area contributed by atoms with E-state index >= 15 is 0 Å². The van der Waals surface area contributed by atoms with Gasteiger partial charge in [-0.05, 0) is 25.7 Å². The van der Waals surface area contributed by atoms with Crippen LogP contribution >= 0.6 is 0 Å². The highest BCUT2D eigenvalue weighted by molar-refractivity contribution is 5.87. The summed E-state index contributed by atoms with van der Waals surface area (Å²) in [6, 6.07) is -0.415. The molecule has 2 aliphatic rings. The normalized spacial score (nSPS) is 19.8. The molecule has 2 rings (SSSR count). The van der Waals surface area contributed by atoms with Gasteiger partial charge in [-0.25, -0.2) is 0 Å². The molecule has 2 aliphatic carbocycles. The minimum Gasteiger partial charge on any atom is -0.454 e. The molecule has 0 aromatic rings. The molecule has 226 valence electrons. The third kappa shape index (κ3) is 11.5. The van der Waals surface area contributed by atoms with Crippen LogP contribution in [0.25, 0.3) is 0 Å². The van der Waals surface area contributed by atoms with Gasteiger partial charge < -0.3 is 29.6 Å². The molecule has 2 N–H and O–H groups in total. The highest BCUT2D eigenvalue weighted by atomic mass is 16.6.